The summed E-state index contributed by atoms with van der Waals surface area (Å²) >= 11 is 0. The molecule has 0 aliphatic carbocycles. The number of rotatable bonds is 2. The van der Waals surface area contributed by atoms with Crippen molar-refractivity contribution >= 4 is 0 Å². The van der Waals surface area contributed by atoms with Crippen LogP contribution in [0.5, 0.6) is 11.6 Å². The van der Waals surface area contributed by atoms with Crippen molar-refractivity contribution < 1.29 is 26.7 Å². The summed E-state index contributed by atoms with van der Waals surface area (Å²) in [5.41, 5.74) is -1.54. The first-order valence-electron chi connectivity index (χ1n) is 5.42. The van der Waals surface area contributed by atoms with Gasteiger partial charge in [-0.3, -0.25) is 0 Å². The van der Waals surface area contributed by atoms with Gasteiger partial charge in [-0.25, -0.2) is 13.8 Å². The number of halogens is 5. The summed E-state index contributed by atoms with van der Waals surface area (Å²) in [5, 5.41) is 8.80. The van der Waals surface area contributed by atoms with E-state index in [9.17, 15) is 22.0 Å². The van der Waals surface area contributed by atoms with Gasteiger partial charge in [-0.05, 0) is 24.3 Å². The molecule has 21 heavy (non-hydrogen) atoms. The van der Waals surface area contributed by atoms with Crippen LogP contribution in [-0.4, -0.2) is 4.98 Å². The van der Waals surface area contributed by atoms with Crippen LogP contribution in [0.2, 0.25) is 0 Å². The second kappa shape index (κ2) is 5.36. The minimum Gasteiger partial charge on any atom is -0.438 e. The van der Waals surface area contributed by atoms with Crippen molar-refractivity contribution in [2.45, 2.75) is 6.18 Å². The highest BCUT2D eigenvalue weighted by atomic mass is 19.4. The van der Waals surface area contributed by atoms with Crippen molar-refractivity contribution in [3.8, 4) is 17.7 Å². The van der Waals surface area contributed by atoms with Gasteiger partial charge in [0.15, 0.2) is 11.6 Å². The summed E-state index contributed by atoms with van der Waals surface area (Å²) in [6.45, 7) is 0. The molecule has 0 fully saturated rings. The Kier molecular flexibility index (Phi) is 3.76. The smallest absolute Gasteiger partial charge is 0.433 e. The molecule has 1 aromatic heterocycles. The van der Waals surface area contributed by atoms with Crippen LogP contribution < -0.4 is 4.74 Å². The fraction of sp³-hybridized carbons (Fsp3) is 0.0769. The van der Waals surface area contributed by atoms with Gasteiger partial charge in [-0.1, -0.05) is 0 Å². The molecule has 1 aromatic carbocycles. The van der Waals surface area contributed by atoms with Gasteiger partial charge in [0.1, 0.15) is 23.1 Å². The molecule has 0 N–H and O–H groups in total. The van der Waals surface area contributed by atoms with Crippen LogP contribution in [-0.2, 0) is 6.18 Å². The number of nitriles is 1. The lowest BCUT2D eigenvalue weighted by molar-refractivity contribution is -0.141. The summed E-state index contributed by atoms with van der Waals surface area (Å²) in [7, 11) is 0. The number of hydrogen-bond acceptors (Lipinski definition) is 3. The molecule has 1 heterocycles. The maximum Gasteiger partial charge on any atom is 0.433 e. The molecule has 0 aliphatic rings. The molecule has 8 heteroatoms. The molecule has 0 unspecified atom stereocenters. The molecule has 2 aromatic rings. The molecular weight excluding hydrogens is 295 g/mol. The van der Waals surface area contributed by atoms with E-state index in [2.05, 4.69) is 4.98 Å². The van der Waals surface area contributed by atoms with Crippen molar-refractivity contribution in [1.29, 1.82) is 5.26 Å². The van der Waals surface area contributed by atoms with Crippen molar-refractivity contribution in [2.75, 3.05) is 0 Å². The number of ether oxygens (including phenoxy) is 1. The fourth-order valence-corrected chi connectivity index (χ4v) is 1.41. The lowest BCUT2D eigenvalue weighted by Gasteiger charge is -2.10. The Labute approximate surface area is 115 Å². The molecule has 0 amide bonds. The van der Waals surface area contributed by atoms with Crippen molar-refractivity contribution in [1.82, 2.24) is 4.98 Å². The minimum atomic E-state index is -4.72. The van der Waals surface area contributed by atoms with Crippen molar-refractivity contribution in [3.63, 3.8) is 0 Å². The zero-order valence-corrected chi connectivity index (χ0v) is 10.1. The zero-order valence-electron chi connectivity index (χ0n) is 10.1. The van der Waals surface area contributed by atoms with Crippen LogP contribution in [0.15, 0.2) is 30.3 Å². The van der Waals surface area contributed by atoms with Crippen molar-refractivity contribution in [2.24, 2.45) is 0 Å². The van der Waals surface area contributed by atoms with Gasteiger partial charge in [-0.2, -0.15) is 18.4 Å². The largest absolute Gasteiger partial charge is 0.438 e. The summed E-state index contributed by atoms with van der Waals surface area (Å²) in [6, 6.07) is 5.48. The first kappa shape index (κ1) is 14.7. The Bertz CT molecular complexity index is 721. The molecule has 108 valence electrons. The molecule has 0 spiro atoms. The van der Waals surface area contributed by atoms with Crippen LogP contribution in [0.4, 0.5) is 22.0 Å². The van der Waals surface area contributed by atoms with Gasteiger partial charge in [0.2, 0.25) is 5.88 Å². The highest BCUT2D eigenvalue weighted by Crippen LogP contribution is 2.31. The quantitative estimate of drug-likeness (QED) is 0.786. The average Bonchev–Trinajstić information content (AvgIpc) is 2.42. The SMILES string of the molecule is N#Cc1ccc(C(F)(F)F)nc1Oc1ccc(F)c(F)c1. The van der Waals surface area contributed by atoms with E-state index in [1.807, 2.05) is 0 Å². The van der Waals surface area contributed by atoms with E-state index in [-0.39, 0.29) is 11.3 Å². The summed E-state index contributed by atoms with van der Waals surface area (Å²) in [5.74, 6) is -3.30. The molecular formula is C13H5F5N2O. The summed E-state index contributed by atoms with van der Waals surface area (Å²) in [6.07, 6.45) is -4.72. The first-order valence-corrected chi connectivity index (χ1v) is 5.42. The molecule has 0 bridgehead atoms. The number of alkyl halides is 3. The Morgan fingerprint density at radius 2 is 1.76 bits per heavy atom. The van der Waals surface area contributed by atoms with Crippen LogP contribution in [0.3, 0.4) is 0 Å². The third kappa shape index (κ3) is 3.25. The highest BCUT2D eigenvalue weighted by molar-refractivity contribution is 5.41. The van der Waals surface area contributed by atoms with Crippen molar-refractivity contribution in [3.05, 3.63) is 53.2 Å². The van der Waals surface area contributed by atoms with Gasteiger partial charge in [-0.15, -0.1) is 0 Å². The van der Waals surface area contributed by atoms with Gasteiger partial charge in [0.05, 0.1) is 0 Å². The summed E-state index contributed by atoms with van der Waals surface area (Å²) < 4.78 is 68.3. The van der Waals surface area contributed by atoms with E-state index >= 15 is 0 Å². The summed E-state index contributed by atoms with van der Waals surface area (Å²) in [4.78, 5) is 3.18. The van der Waals surface area contributed by atoms with Crippen LogP contribution in [0.25, 0.3) is 0 Å². The molecule has 3 nitrogen and oxygen atoms in total. The van der Waals surface area contributed by atoms with E-state index in [0.717, 1.165) is 18.2 Å². The topological polar surface area (TPSA) is 45.9 Å². The molecule has 2 rings (SSSR count). The van der Waals surface area contributed by atoms with Gasteiger partial charge < -0.3 is 4.74 Å². The van der Waals surface area contributed by atoms with E-state index < -0.39 is 29.4 Å². The normalized spacial score (nSPS) is 11.0. The lowest BCUT2D eigenvalue weighted by atomic mass is 10.2. The van der Waals surface area contributed by atoms with Gasteiger partial charge >= 0.3 is 6.18 Å². The Hall–Kier alpha value is -2.69. The zero-order chi connectivity index (χ0) is 15.6. The molecule has 0 radical (unpaired) electrons. The fourth-order valence-electron chi connectivity index (χ4n) is 1.41. The van der Waals surface area contributed by atoms with E-state index in [1.165, 1.54) is 0 Å². The van der Waals surface area contributed by atoms with Crippen LogP contribution >= 0.6 is 0 Å². The first-order chi connectivity index (χ1) is 9.81. The number of benzene rings is 1. The molecule has 0 aliphatic heterocycles. The third-order valence-corrected chi connectivity index (χ3v) is 2.38. The maximum atomic E-state index is 13.0. The average molecular weight is 300 g/mol. The monoisotopic (exact) mass is 300 g/mol. The Morgan fingerprint density at radius 1 is 1.05 bits per heavy atom. The molecule has 0 atom stereocenters. The second-order valence-electron chi connectivity index (χ2n) is 3.84. The maximum absolute atomic E-state index is 13.0. The lowest BCUT2D eigenvalue weighted by Crippen LogP contribution is -2.09. The van der Waals surface area contributed by atoms with Gasteiger partial charge in [0, 0.05) is 6.07 Å². The standard InChI is InChI=1S/C13H5F5N2O/c14-9-3-2-8(5-10(9)15)21-12-7(6-19)1-4-11(20-12)13(16,17)18/h1-5H. The second-order valence-corrected chi connectivity index (χ2v) is 3.84. The number of hydrogen-bond donors (Lipinski definition) is 0. The predicted octanol–water partition coefficient (Wildman–Crippen LogP) is 4.04. The third-order valence-electron chi connectivity index (χ3n) is 2.38. The highest BCUT2D eigenvalue weighted by Gasteiger charge is 2.33. The minimum absolute atomic E-state index is 0.271. The number of aromatic nitrogens is 1. The van der Waals surface area contributed by atoms with E-state index in [1.54, 1.807) is 6.07 Å². The predicted molar refractivity (Wildman–Crippen MR) is 60.4 cm³/mol. The van der Waals surface area contributed by atoms with E-state index in [0.29, 0.717) is 12.1 Å². The Balaban J connectivity index is 2.42. The molecule has 0 saturated heterocycles. The molecule has 0 saturated carbocycles. The van der Waals surface area contributed by atoms with E-state index in [4.69, 9.17) is 10.00 Å². The number of pyridine rings is 1. The number of nitrogens with zero attached hydrogens (tertiary/aromatic N) is 2. The van der Waals surface area contributed by atoms with Gasteiger partial charge in [0.25, 0.3) is 0 Å². The van der Waals surface area contributed by atoms with Crippen LogP contribution in [0, 0.1) is 23.0 Å². The Morgan fingerprint density at radius 3 is 2.33 bits per heavy atom. The van der Waals surface area contributed by atoms with Crippen LogP contribution in [0.1, 0.15) is 11.3 Å².